The monoisotopic (exact) mass is 507 g/mol. The first-order chi connectivity index (χ1) is 15.3. The molecule has 32 heavy (non-hydrogen) atoms. The largest absolute Gasteiger partial charge is 0.369 e. The van der Waals surface area contributed by atoms with Crippen LogP contribution in [0.2, 0.25) is 15.1 Å². The maximum absolute atomic E-state index is 12.5. The number of fused-ring (bicyclic) bond motifs is 1. The van der Waals surface area contributed by atoms with Crippen LogP contribution in [0.5, 0.6) is 0 Å². The molecule has 0 unspecified atom stereocenters. The second-order valence-corrected chi connectivity index (χ2v) is 9.96. The molecule has 2 aromatic heterocycles. The van der Waals surface area contributed by atoms with E-state index in [0.717, 1.165) is 11.0 Å². The van der Waals surface area contributed by atoms with Crippen molar-refractivity contribution in [1.29, 1.82) is 0 Å². The Bertz CT molecular complexity index is 1410. The number of rotatable bonds is 7. The minimum absolute atomic E-state index is 0.0434. The highest BCUT2D eigenvalue weighted by Crippen LogP contribution is 2.28. The molecular weight excluding hydrogens is 491 g/mol. The van der Waals surface area contributed by atoms with Crippen LogP contribution in [0, 0.1) is 0 Å². The highest BCUT2D eigenvalue weighted by molar-refractivity contribution is 7.89. The second-order valence-electron chi connectivity index (χ2n) is 6.97. The number of halogens is 3. The zero-order chi connectivity index (χ0) is 22.9. The van der Waals surface area contributed by atoms with E-state index in [1.54, 1.807) is 16.8 Å². The van der Waals surface area contributed by atoms with Crippen molar-refractivity contribution >= 4 is 69.6 Å². The number of benzene rings is 2. The summed E-state index contributed by atoms with van der Waals surface area (Å²) in [6.45, 7) is 0.439. The molecule has 0 radical (unpaired) electrons. The number of nitrogens with one attached hydrogen (secondary N) is 2. The molecule has 0 atom stereocenters. The van der Waals surface area contributed by atoms with Gasteiger partial charge < -0.3 is 5.32 Å². The quantitative estimate of drug-likeness (QED) is 0.296. The van der Waals surface area contributed by atoms with E-state index < -0.39 is 10.0 Å². The predicted octanol–water partition coefficient (Wildman–Crippen LogP) is 3.01. The molecule has 0 aliphatic rings. The number of sulfonamides is 1. The Morgan fingerprint density at radius 2 is 1.75 bits per heavy atom. The van der Waals surface area contributed by atoms with Crippen LogP contribution in [-0.2, 0) is 10.0 Å². The number of nitrogens with zero attached hydrogens (tertiary/aromatic N) is 3. The van der Waals surface area contributed by atoms with Gasteiger partial charge in [-0.15, -0.1) is 0 Å². The summed E-state index contributed by atoms with van der Waals surface area (Å²) < 4.78 is 29.2. The fourth-order valence-electron chi connectivity index (χ4n) is 3.11. The first kappa shape index (κ1) is 22.9. The Kier molecular flexibility index (Phi) is 6.64. The van der Waals surface area contributed by atoms with Crippen LogP contribution in [-0.4, -0.2) is 44.0 Å². The zero-order valence-corrected chi connectivity index (χ0v) is 19.9. The fraction of sp³-hybridized carbons (Fsp3) is 0.100. The van der Waals surface area contributed by atoms with Crippen LogP contribution in [0.25, 0.3) is 16.9 Å². The summed E-state index contributed by atoms with van der Waals surface area (Å²) in [7, 11) is -1.82. The molecule has 0 spiro atoms. The number of anilines is 1. The highest BCUT2D eigenvalue weighted by Gasteiger charge is 2.16. The van der Waals surface area contributed by atoms with Gasteiger partial charge in [0.05, 0.1) is 20.6 Å². The Labute approximate surface area is 201 Å². The van der Waals surface area contributed by atoms with Crippen molar-refractivity contribution in [2.24, 2.45) is 0 Å². The van der Waals surface area contributed by atoms with Crippen molar-refractivity contribution in [3.05, 3.63) is 69.8 Å². The van der Waals surface area contributed by atoms with Gasteiger partial charge in [0.25, 0.3) is 0 Å². The molecule has 2 N–H and O–H groups in total. The van der Waals surface area contributed by atoms with Crippen LogP contribution in [0.15, 0.2) is 59.6 Å². The van der Waals surface area contributed by atoms with Crippen LogP contribution in [0.3, 0.4) is 0 Å². The van der Waals surface area contributed by atoms with E-state index >= 15 is 0 Å². The van der Waals surface area contributed by atoms with Crippen molar-refractivity contribution in [1.82, 2.24) is 19.3 Å². The summed E-state index contributed by atoms with van der Waals surface area (Å²) in [6, 6.07) is 13.4. The molecule has 0 saturated heterocycles. The van der Waals surface area contributed by atoms with Gasteiger partial charge >= 0.3 is 0 Å². The summed E-state index contributed by atoms with van der Waals surface area (Å²) in [4.78, 5) is 4.73. The zero-order valence-electron chi connectivity index (χ0n) is 16.8. The van der Waals surface area contributed by atoms with Crippen molar-refractivity contribution in [2.45, 2.75) is 4.90 Å². The van der Waals surface area contributed by atoms with Gasteiger partial charge in [-0.25, -0.2) is 18.1 Å². The minimum atomic E-state index is -3.73. The third kappa shape index (κ3) is 4.72. The van der Waals surface area contributed by atoms with Gasteiger partial charge in [0.2, 0.25) is 10.0 Å². The molecule has 0 fully saturated rings. The molecule has 2 aromatic carbocycles. The number of aromatic nitrogens is 3. The summed E-state index contributed by atoms with van der Waals surface area (Å²) in [5.41, 5.74) is 3.06. The Hall–Kier alpha value is -2.30. The smallest absolute Gasteiger partial charge is 0.240 e. The average Bonchev–Trinajstić information content (AvgIpc) is 3.14. The van der Waals surface area contributed by atoms with E-state index in [9.17, 15) is 8.42 Å². The lowest BCUT2D eigenvalue weighted by Gasteiger charge is -2.12. The van der Waals surface area contributed by atoms with Crippen molar-refractivity contribution in [2.75, 3.05) is 18.4 Å². The molecule has 12 heteroatoms. The molecule has 4 aromatic rings. The van der Waals surface area contributed by atoms with Crippen LogP contribution in [0.4, 0.5) is 5.82 Å². The molecule has 7 nitrogen and oxygen atoms in total. The number of hydrogen-bond donors (Lipinski definition) is 2. The van der Waals surface area contributed by atoms with Gasteiger partial charge in [0.15, 0.2) is 5.65 Å². The van der Waals surface area contributed by atoms with Crippen molar-refractivity contribution in [3.8, 4) is 11.3 Å². The maximum atomic E-state index is 12.5. The topological polar surface area (TPSA) is 88.4 Å². The maximum Gasteiger partial charge on any atom is 0.240 e. The van der Waals surface area contributed by atoms with E-state index in [4.69, 9.17) is 39.8 Å². The summed E-state index contributed by atoms with van der Waals surface area (Å²) in [5.74, 6) is 0.659. The van der Waals surface area contributed by atoms with E-state index in [0.29, 0.717) is 28.7 Å². The molecule has 0 saturated carbocycles. The summed E-state index contributed by atoms with van der Waals surface area (Å²) in [6.07, 6.45) is 1.72. The molecule has 164 valence electrons. The lowest BCUT2D eigenvalue weighted by molar-refractivity contribution is 0.583. The normalized spacial score (nSPS) is 11.7. The standard InChI is InChI=1S/C20H17BCl3N5O2S/c21-14-11-26-29-19(10-18(28-20(14)29)13-3-1-2-4-15(13)22)25-7-8-27-32(30,31)12-5-6-16(23)17(24)9-12/h1-6,9-11,25,27H,7-8,21H2. The van der Waals surface area contributed by atoms with E-state index in [-0.39, 0.29) is 21.5 Å². The van der Waals surface area contributed by atoms with Crippen molar-refractivity contribution < 1.29 is 8.42 Å². The molecule has 0 amide bonds. The first-order valence-corrected chi connectivity index (χ1v) is 12.2. The van der Waals surface area contributed by atoms with Gasteiger partial charge in [-0.2, -0.15) is 9.61 Å². The van der Waals surface area contributed by atoms with Crippen LogP contribution in [0.1, 0.15) is 0 Å². The molecule has 0 aliphatic heterocycles. The lowest BCUT2D eigenvalue weighted by Crippen LogP contribution is -2.29. The van der Waals surface area contributed by atoms with Gasteiger partial charge in [-0.05, 0) is 29.7 Å². The van der Waals surface area contributed by atoms with Crippen LogP contribution < -0.4 is 15.5 Å². The third-order valence-electron chi connectivity index (χ3n) is 4.72. The molecule has 2 heterocycles. The van der Waals surface area contributed by atoms with E-state index in [1.165, 1.54) is 18.2 Å². The van der Waals surface area contributed by atoms with Gasteiger partial charge in [-0.1, -0.05) is 53.0 Å². The Balaban J connectivity index is 1.53. The third-order valence-corrected chi connectivity index (χ3v) is 7.25. The molecule has 0 bridgehead atoms. The van der Waals surface area contributed by atoms with Gasteiger partial charge in [0.1, 0.15) is 13.7 Å². The molecule has 4 rings (SSSR count). The SMILES string of the molecule is Bc1cnn2c(NCCNS(=O)(=O)c3ccc(Cl)c(Cl)c3)cc(-c3ccccc3Cl)nc12. The number of hydrogen-bond acceptors (Lipinski definition) is 5. The first-order valence-electron chi connectivity index (χ1n) is 9.55. The summed E-state index contributed by atoms with van der Waals surface area (Å²) in [5, 5.41) is 8.63. The van der Waals surface area contributed by atoms with Gasteiger partial charge in [-0.3, -0.25) is 0 Å². The Morgan fingerprint density at radius 1 is 0.969 bits per heavy atom. The molecular formula is C20H17BCl3N5O2S. The van der Waals surface area contributed by atoms with Gasteiger partial charge in [0, 0.05) is 35.9 Å². The fourth-order valence-corrected chi connectivity index (χ4v) is 4.76. The summed E-state index contributed by atoms with van der Waals surface area (Å²) >= 11 is 18.2. The van der Waals surface area contributed by atoms with Crippen LogP contribution >= 0.6 is 34.8 Å². The second kappa shape index (κ2) is 9.29. The van der Waals surface area contributed by atoms with Crippen molar-refractivity contribution in [3.63, 3.8) is 0 Å². The predicted molar refractivity (Wildman–Crippen MR) is 132 cm³/mol. The van der Waals surface area contributed by atoms with E-state index in [1.807, 2.05) is 32.1 Å². The molecule has 0 aliphatic carbocycles. The Morgan fingerprint density at radius 3 is 2.50 bits per heavy atom. The lowest BCUT2D eigenvalue weighted by atomic mass is 10.0. The average molecular weight is 509 g/mol. The highest BCUT2D eigenvalue weighted by atomic mass is 35.5. The minimum Gasteiger partial charge on any atom is -0.369 e. The van der Waals surface area contributed by atoms with E-state index in [2.05, 4.69) is 15.1 Å².